The van der Waals surface area contributed by atoms with Crippen LogP contribution in [0.4, 0.5) is 4.79 Å². The van der Waals surface area contributed by atoms with E-state index < -0.39 is 6.09 Å². The molecule has 2 aliphatic rings. The molecule has 3 heteroatoms. The summed E-state index contributed by atoms with van der Waals surface area (Å²) in [6.45, 7) is 0.267. The highest BCUT2D eigenvalue weighted by molar-refractivity contribution is 5.70. The first kappa shape index (κ1) is 17.7. The van der Waals surface area contributed by atoms with E-state index in [1.165, 1.54) is 26.8 Å². The monoisotopic (exact) mass is 381 g/mol. The number of nitrogens with one attached hydrogen (secondary N) is 1. The number of fused-ring (bicyclic) bond motifs is 4. The Morgan fingerprint density at radius 3 is 2.66 bits per heavy atom. The quantitative estimate of drug-likeness (QED) is 0.748. The van der Waals surface area contributed by atoms with Crippen molar-refractivity contribution in [3.8, 4) is 0 Å². The Balaban J connectivity index is 1.53. The molecule has 0 fully saturated rings. The molecule has 3 nitrogen and oxygen atoms in total. The lowest BCUT2D eigenvalue weighted by Crippen LogP contribution is -2.33. The van der Waals surface area contributed by atoms with Gasteiger partial charge in [0.05, 0.1) is 6.04 Å². The Labute approximate surface area is 169 Å². The minimum absolute atomic E-state index is 0.190. The number of ether oxygens (including phenoxy) is 1. The second kappa shape index (κ2) is 7.59. The van der Waals surface area contributed by atoms with Gasteiger partial charge in [0.15, 0.2) is 0 Å². The van der Waals surface area contributed by atoms with Crippen molar-refractivity contribution in [2.24, 2.45) is 0 Å². The van der Waals surface area contributed by atoms with Gasteiger partial charge >= 0.3 is 6.09 Å². The number of carbonyl (C=O) groups excluding carboxylic acids is 1. The molecule has 0 heterocycles. The first-order valence-electron chi connectivity index (χ1n) is 10.2. The average Bonchev–Trinajstić information content (AvgIpc) is 2.78. The minimum atomic E-state index is -0.391. The first-order valence-corrected chi connectivity index (χ1v) is 10.2. The van der Waals surface area contributed by atoms with Crippen LogP contribution in [0.25, 0.3) is 12.2 Å². The normalized spacial score (nSPS) is 16.3. The molecule has 2 aliphatic carbocycles. The number of hydrogen-bond acceptors (Lipinski definition) is 2. The average molecular weight is 381 g/mol. The van der Waals surface area contributed by atoms with E-state index in [4.69, 9.17) is 4.74 Å². The van der Waals surface area contributed by atoms with Gasteiger partial charge in [-0.3, -0.25) is 0 Å². The number of benzene rings is 3. The van der Waals surface area contributed by atoms with Gasteiger partial charge in [0.1, 0.15) is 6.61 Å². The van der Waals surface area contributed by atoms with Gasteiger partial charge in [0.25, 0.3) is 0 Å². The molecule has 29 heavy (non-hydrogen) atoms. The molecule has 5 rings (SSSR count). The van der Waals surface area contributed by atoms with Crippen LogP contribution in [0, 0.1) is 10.4 Å². The van der Waals surface area contributed by atoms with E-state index in [-0.39, 0.29) is 12.6 Å². The van der Waals surface area contributed by atoms with Crippen LogP contribution in [0.3, 0.4) is 0 Å². The predicted molar refractivity (Wildman–Crippen MR) is 114 cm³/mol. The summed E-state index contributed by atoms with van der Waals surface area (Å²) in [4.78, 5) is 12.6. The van der Waals surface area contributed by atoms with Crippen molar-refractivity contribution in [3.05, 3.63) is 104 Å². The molecule has 144 valence electrons. The van der Waals surface area contributed by atoms with Gasteiger partial charge in [0, 0.05) is 0 Å². The summed E-state index contributed by atoms with van der Waals surface area (Å²) in [6.07, 6.45) is 7.38. The smallest absolute Gasteiger partial charge is 0.408 e. The molecule has 1 unspecified atom stereocenters. The third-order valence-electron chi connectivity index (χ3n) is 5.78. The van der Waals surface area contributed by atoms with Crippen LogP contribution in [0.1, 0.15) is 35.6 Å². The third kappa shape index (κ3) is 3.44. The van der Waals surface area contributed by atoms with E-state index in [1.54, 1.807) is 0 Å². The van der Waals surface area contributed by atoms with Gasteiger partial charge in [-0.05, 0) is 62.9 Å². The van der Waals surface area contributed by atoms with Crippen LogP contribution in [-0.4, -0.2) is 6.09 Å². The number of rotatable bonds is 3. The van der Waals surface area contributed by atoms with Gasteiger partial charge in [0.2, 0.25) is 0 Å². The summed E-state index contributed by atoms with van der Waals surface area (Å²) in [6, 6.07) is 22.4. The second-order valence-electron chi connectivity index (χ2n) is 7.63. The van der Waals surface area contributed by atoms with Crippen molar-refractivity contribution < 1.29 is 9.53 Å². The highest BCUT2D eigenvalue weighted by Crippen LogP contribution is 2.25. The van der Waals surface area contributed by atoms with Crippen LogP contribution in [0.15, 0.2) is 66.7 Å². The Morgan fingerprint density at radius 1 is 0.931 bits per heavy atom. The van der Waals surface area contributed by atoms with Gasteiger partial charge in [-0.15, -0.1) is 0 Å². The van der Waals surface area contributed by atoms with Gasteiger partial charge < -0.3 is 10.1 Å². The molecular weight excluding hydrogens is 358 g/mol. The number of amides is 1. The molecule has 1 amide bonds. The maximum absolute atomic E-state index is 12.6. The molecule has 0 aromatic heterocycles. The van der Waals surface area contributed by atoms with Crippen molar-refractivity contribution in [2.75, 3.05) is 0 Å². The maximum Gasteiger partial charge on any atom is 0.408 e. The molecule has 0 bridgehead atoms. The van der Waals surface area contributed by atoms with E-state index in [1.807, 2.05) is 36.4 Å². The molecule has 3 aromatic carbocycles. The predicted octanol–water partition coefficient (Wildman–Crippen LogP) is 3.85. The summed E-state index contributed by atoms with van der Waals surface area (Å²) in [5.41, 5.74) is 3.55. The zero-order chi connectivity index (χ0) is 19.6. The van der Waals surface area contributed by atoms with Crippen molar-refractivity contribution in [1.82, 2.24) is 5.32 Å². The fourth-order valence-corrected chi connectivity index (χ4v) is 4.43. The van der Waals surface area contributed by atoms with Crippen molar-refractivity contribution in [1.29, 1.82) is 0 Å². The van der Waals surface area contributed by atoms with E-state index >= 15 is 0 Å². The van der Waals surface area contributed by atoms with Crippen LogP contribution >= 0.6 is 0 Å². The zero-order valence-corrected chi connectivity index (χ0v) is 16.2. The lowest BCUT2D eigenvalue weighted by atomic mass is 9.86. The minimum Gasteiger partial charge on any atom is -0.445 e. The summed E-state index contributed by atoms with van der Waals surface area (Å²) in [7, 11) is 0. The van der Waals surface area contributed by atoms with Crippen molar-refractivity contribution >= 4 is 18.2 Å². The zero-order valence-electron chi connectivity index (χ0n) is 16.2. The number of hydrogen-bond donors (Lipinski definition) is 1. The van der Waals surface area contributed by atoms with Crippen LogP contribution < -0.4 is 15.8 Å². The Kier molecular flexibility index (Phi) is 4.65. The number of alkyl carbamates (subject to hydrolysis) is 1. The van der Waals surface area contributed by atoms with Crippen LogP contribution in [0.5, 0.6) is 0 Å². The highest BCUT2D eigenvalue weighted by atomic mass is 16.5. The number of carbonyl (C=O) groups is 1. The fraction of sp³-hybridized carbons (Fsp3) is 0.192. The Morgan fingerprint density at radius 2 is 1.76 bits per heavy atom. The van der Waals surface area contributed by atoms with E-state index in [0.717, 1.165) is 30.0 Å². The van der Waals surface area contributed by atoms with Crippen LogP contribution in [0.2, 0.25) is 0 Å². The van der Waals surface area contributed by atoms with Gasteiger partial charge in [-0.25, -0.2) is 4.79 Å². The van der Waals surface area contributed by atoms with Gasteiger partial charge in [-0.1, -0.05) is 72.8 Å². The molecule has 1 atom stereocenters. The van der Waals surface area contributed by atoms with Crippen LogP contribution in [-0.2, 0) is 17.8 Å². The Hall–Kier alpha value is -3.33. The fourth-order valence-electron chi connectivity index (χ4n) is 4.43. The van der Waals surface area contributed by atoms with E-state index in [2.05, 4.69) is 47.8 Å². The molecule has 0 radical (unpaired) electrons. The molecule has 0 saturated carbocycles. The van der Waals surface area contributed by atoms with E-state index in [9.17, 15) is 4.79 Å². The lowest BCUT2D eigenvalue weighted by Gasteiger charge is -2.24. The van der Waals surface area contributed by atoms with E-state index in [0.29, 0.717) is 0 Å². The van der Waals surface area contributed by atoms with Crippen molar-refractivity contribution in [2.45, 2.75) is 31.9 Å². The first-order chi connectivity index (χ1) is 14.3. The highest BCUT2D eigenvalue weighted by Gasteiger charge is 2.22. The maximum atomic E-state index is 12.6. The standard InChI is InChI=1S/C26H23NO2/c28-26(29-17-18-8-2-1-3-9-18)27-24-16-20-11-5-6-12-21(20)23-15-14-19-10-4-7-13-22(19)25(23)24/h1-3,5-6,8-12,14-16,24H,4,7,13,17H2,(H,27,28). The lowest BCUT2D eigenvalue weighted by molar-refractivity contribution is 0.138. The molecule has 3 aromatic rings. The summed E-state index contributed by atoms with van der Waals surface area (Å²) in [5.74, 6) is 0. The molecule has 1 N–H and O–H groups in total. The summed E-state index contributed by atoms with van der Waals surface area (Å²) < 4.78 is 5.50. The summed E-state index contributed by atoms with van der Waals surface area (Å²) >= 11 is 0. The summed E-state index contributed by atoms with van der Waals surface area (Å²) in [5, 5.41) is 7.99. The molecular formula is C26H23NO2. The van der Waals surface area contributed by atoms with Gasteiger partial charge in [-0.2, -0.15) is 0 Å². The molecule has 0 spiro atoms. The Bertz CT molecular complexity index is 1280. The topological polar surface area (TPSA) is 38.3 Å². The third-order valence-corrected chi connectivity index (χ3v) is 5.78. The second-order valence-corrected chi connectivity index (χ2v) is 7.63. The van der Waals surface area contributed by atoms with Crippen molar-refractivity contribution in [3.63, 3.8) is 0 Å². The molecule has 0 aliphatic heterocycles. The largest absolute Gasteiger partial charge is 0.445 e. The molecule has 0 saturated heterocycles. The SMILES string of the molecule is O=C(NC1C=c2ccccc2=c2ccc3c(c21)CCCC=3)OCc1ccccc1.